The zero-order valence-electron chi connectivity index (χ0n) is 23.2. The predicted molar refractivity (Wildman–Crippen MR) is 155 cm³/mol. The quantitative estimate of drug-likeness (QED) is 0.218. The third kappa shape index (κ3) is 6.14. The fourth-order valence-corrected chi connectivity index (χ4v) is 5.36. The van der Waals surface area contributed by atoms with Crippen molar-refractivity contribution in [1.82, 2.24) is 9.38 Å². The van der Waals surface area contributed by atoms with Crippen LogP contribution in [0.15, 0.2) is 53.7 Å². The molecule has 1 aliphatic rings. The minimum Gasteiger partial charge on any atom is -0.467 e. The molecule has 0 amide bonds. The van der Waals surface area contributed by atoms with Crippen molar-refractivity contribution in [3.05, 3.63) is 64.8 Å². The molecule has 0 aliphatic carbocycles. The van der Waals surface area contributed by atoms with Gasteiger partial charge in [0.25, 0.3) is 0 Å². The first-order chi connectivity index (χ1) is 17.9. The van der Waals surface area contributed by atoms with Gasteiger partial charge in [0.2, 0.25) is 0 Å². The van der Waals surface area contributed by atoms with E-state index in [0.29, 0.717) is 6.61 Å². The number of methoxy groups -OCH3 is 1. The molecule has 1 atom stereocenters. The zero-order valence-corrected chi connectivity index (χ0v) is 24.8. The van der Waals surface area contributed by atoms with Crippen LogP contribution in [0.3, 0.4) is 0 Å². The number of hydrogen-bond donors (Lipinski definition) is 0. The number of fused-ring (bicyclic) bond motifs is 1. The van der Waals surface area contributed by atoms with Crippen LogP contribution in [-0.4, -0.2) is 53.4 Å². The molecule has 8 heteroatoms. The number of carbonyl (C=O) groups is 1. The second-order valence-electron chi connectivity index (χ2n) is 11.1. The Bertz CT molecular complexity index is 1320. The molecule has 1 saturated heterocycles. The van der Waals surface area contributed by atoms with Crippen molar-refractivity contribution in [2.24, 2.45) is 0 Å². The lowest BCUT2D eigenvalue weighted by Crippen LogP contribution is -2.45. The first-order valence-electron chi connectivity index (χ1n) is 13.0. The van der Waals surface area contributed by atoms with Crippen molar-refractivity contribution >= 4 is 33.4 Å². The van der Waals surface area contributed by atoms with Gasteiger partial charge in [-0.2, -0.15) is 0 Å². The van der Waals surface area contributed by atoms with Gasteiger partial charge in [-0.1, -0.05) is 34.1 Å². The highest BCUT2D eigenvalue weighted by molar-refractivity contribution is 9.10. The molecule has 0 bridgehead atoms. The number of imidazole rings is 1. The van der Waals surface area contributed by atoms with Gasteiger partial charge in [0, 0.05) is 34.9 Å². The van der Waals surface area contributed by atoms with Gasteiger partial charge in [0.15, 0.2) is 6.10 Å². The molecule has 2 aromatic heterocycles. The lowest BCUT2D eigenvalue weighted by molar-refractivity contribution is -0.164. The van der Waals surface area contributed by atoms with Crippen LogP contribution in [0.5, 0.6) is 0 Å². The van der Waals surface area contributed by atoms with E-state index in [2.05, 4.69) is 44.8 Å². The van der Waals surface area contributed by atoms with Gasteiger partial charge in [-0.25, -0.2) is 9.78 Å². The monoisotopic (exact) mass is 583 g/mol. The Hall–Kier alpha value is -2.68. The summed E-state index contributed by atoms with van der Waals surface area (Å²) >= 11 is 3.57. The number of halogens is 1. The average Bonchev–Trinajstić information content (AvgIpc) is 3.29. The highest BCUT2D eigenvalue weighted by Gasteiger charge is 2.37. The summed E-state index contributed by atoms with van der Waals surface area (Å²) in [6.45, 7) is 15.8. The first kappa shape index (κ1) is 28.3. The summed E-state index contributed by atoms with van der Waals surface area (Å²) in [6, 6.07) is 10.1. The van der Waals surface area contributed by atoms with E-state index >= 15 is 0 Å². The molecule has 3 heterocycles. The molecule has 1 aliphatic heterocycles. The summed E-state index contributed by atoms with van der Waals surface area (Å²) in [5, 5.41) is 0. The molecule has 38 heavy (non-hydrogen) atoms. The van der Waals surface area contributed by atoms with Crippen molar-refractivity contribution in [2.45, 2.75) is 64.8 Å². The molecule has 0 N–H and O–H groups in total. The summed E-state index contributed by atoms with van der Waals surface area (Å²) in [4.78, 5) is 20.5. The fourth-order valence-electron chi connectivity index (χ4n) is 4.96. The van der Waals surface area contributed by atoms with Gasteiger partial charge in [-0.15, -0.1) is 6.58 Å². The van der Waals surface area contributed by atoms with Gasteiger partial charge in [-0.05, 0) is 71.2 Å². The minimum atomic E-state index is -0.888. The van der Waals surface area contributed by atoms with Crippen LogP contribution in [0.2, 0.25) is 0 Å². The van der Waals surface area contributed by atoms with Crippen LogP contribution in [0.25, 0.3) is 16.9 Å². The summed E-state index contributed by atoms with van der Waals surface area (Å²) < 4.78 is 20.8. The maximum absolute atomic E-state index is 13.2. The van der Waals surface area contributed by atoms with Crippen molar-refractivity contribution in [2.75, 3.05) is 31.7 Å². The third-order valence-corrected chi connectivity index (χ3v) is 7.41. The third-order valence-electron chi connectivity index (χ3n) is 6.91. The Morgan fingerprint density at radius 1 is 1.26 bits per heavy atom. The molecule has 0 spiro atoms. The van der Waals surface area contributed by atoms with Crippen molar-refractivity contribution in [3.8, 4) is 11.3 Å². The van der Waals surface area contributed by atoms with E-state index in [9.17, 15) is 4.79 Å². The molecule has 3 aromatic rings. The van der Waals surface area contributed by atoms with Gasteiger partial charge >= 0.3 is 5.97 Å². The number of aromatic nitrogens is 2. The number of esters is 1. The molecular formula is C30H38BrN3O4. The van der Waals surface area contributed by atoms with Crippen LogP contribution >= 0.6 is 15.9 Å². The largest absolute Gasteiger partial charge is 0.467 e. The highest BCUT2D eigenvalue weighted by Crippen LogP contribution is 2.39. The summed E-state index contributed by atoms with van der Waals surface area (Å²) in [5.41, 5.74) is 3.61. The second-order valence-corrected chi connectivity index (χ2v) is 12.0. The topological polar surface area (TPSA) is 65.3 Å². The van der Waals surface area contributed by atoms with E-state index < -0.39 is 17.7 Å². The number of aryl methyl sites for hydroxylation is 1. The zero-order chi connectivity index (χ0) is 27.7. The maximum atomic E-state index is 13.2. The SMILES string of the molecule is C=CCOC1(C)CCN(c2c(C(OC(C)(C)C)C(=O)OC)c(C)cc3nc(-c4cccc(Br)c4)cn23)CC1. The number of nitrogens with zero attached hydrogens (tertiary/aromatic N) is 3. The molecule has 1 unspecified atom stereocenters. The number of rotatable bonds is 8. The lowest BCUT2D eigenvalue weighted by atomic mass is 9.92. The molecule has 1 fully saturated rings. The Morgan fingerprint density at radius 2 is 1.97 bits per heavy atom. The number of ether oxygens (including phenoxy) is 3. The molecule has 4 rings (SSSR count). The van der Waals surface area contributed by atoms with Gasteiger partial charge in [-0.3, -0.25) is 4.40 Å². The smallest absolute Gasteiger partial charge is 0.339 e. The van der Waals surface area contributed by atoms with E-state index in [0.717, 1.165) is 64.3 Å². The maximum Gasteiger partial charge on any atom is 0.339 e. The van der Waals surface area contributed by atoms with E-state index in [4.69, 9.17) is 19.2 Å². The highest BCUT2D eigenvalue weighted by atomic mass is 79.9. The van der Waals surface area contributed by atoms with Crippen LogP contribution < -0.4 is 4.90 Å². The molecule has 7 nitrogen and oxygen atoms in total. The van der Waals surface area contributed by atoms with Crippen LogP contribution in [0.1, 0.15) is 57.8 Å². The molecular weight excluding hydrogens is 546 g/mol. The lowest BCUT2D eigenvalue weighted by Gasteiger charge is -2.41. The minimum absolute atomic E-state index is 0.228. The summed E-state index contributed by atoms with van der Waals surface area (Å²) in [5.74, 6) is 0.478. The summed E-state index contributed by atoms with van der Waals surface area (Å²) in [7, 11) is 1.40. The Morgan fingerprint density at radius 3 is 2.58 bits per heavy atom. The molecule has 204 valence electrons. The first-order valence-corrected chi connectivity index (χ1v) is 13.8. The van der Waals surface area contributed by atoms with E-state index in [1.54, 1.807) is 6.08 Å². The molecule has 0 radical (unpaired) electrons. The predicted octanol–water partition coefficient (Wildman–Crippen LogP) is 6.66. The van der Waals surface area contributed by atoms with Crippen LogP contribution in [0, 0.1) is 6.92 Å². The summed E-state index contributed by atoms with van der Waals surface area (Å²) in [6.07, 6.45) is 4.63. The van der Waals surface area contributed by atoms with Gasteiger partial charge in [0.05, 0.1) is 30.6 Å². The number of hydrogen-bond acceptors (Lipinski definition) is 6. The Kier molecular flexibility index (Phi) is 8.35. The number of pyridine rings is 1. The van der Waals surface area contributed by atoms with Gasteiger partial charge < -0.3 is 19.1 Å². The number of carbonyl (C=O) groups excluding carboxylic acids is 1. The van der Waals surface area contributed by atoms with Gasteiger partial charge in [0.1, 0.15) is 11.5 Å². The van der Waals surface area contributed by atoms with Crippen LogP contribution in [-0.2, 0) is 19.0 Å². The van der Waals surface area contributed by atoms with Crippen molar-refractivity contribution in [3.63, 3.8) is 0 Å². The molecule has 1 aromatic carbocycles. The number of benzene rings is 1. The average molecular weight is 585 g/mol. The van der Waals surface area contributed by atoms with E-state index in [1.165, 1.54) is 7.11 Å². The molecule has 0 saturated carbocycles. The fraction of sp³-hybridized carbons (Fsp3) is 0.467. The van der Waals surface area contributed by atoms with Crippen LogP contribution in [0.4, 0.5) is 5.82 Å². The second kappa shape index (κ2) is 11.2. The van der Waals surface area contributed by atoms with Crippen molar-refractivity contribution < 1.29 is 19.0 Å². The Balaban J connectivity index is 1.89. The normalized spacial score (nSPS) is 16.4. The number of piperidine rings is 1. The standard InChI is InChI=1S/C30H38BrN3O4/c1-8-16-37-30(6)12-14-33(15-13-30)27-25(26(28(35)36-7)38-29(3,4)5)20(2)17-24-32-23(19-34(24)27)21-10-9-11-22(31)18-21/h8-11,17-19,26H,1,12-16H2,2-7H3. The Labute approximate surface area is 233 Å². The van der Waals surface area contributed by atoms with E-state index in [1.807, 2.05) is 58.2 Å². The van der Waals surface area contributed by atoms with E-state index in [-0.39, 0.29) is 5.60 Å². The number of anilines is 1. The van der Waals surface area contributed by atoms with Crippen molar-refractivity contribution in [1.29, 1.82) is 0 Å².